The standard InChI is InChI=1S/C21H29N3O4S/c1-16(2)18-6-8-19(9-7-18)29(26,27)24-12-10-23(11-13-24)21(25)15-22-17(3)20-5-4-14-28-20/h4-9,14,16-17,22H,10-13,15H2,1-3H3/p+1/t17-/m1/s1. The van der Waals surface area contributed by atoms with E-state index in [1.807, 2.05) is 36.5 Å². The third-order valence-electron chi connectivity index (χ3n) is 5.41. The van der Waals surface area contributed by atoms with Crippen molar-refractivity contribution in [3.05, 3.63) is 54.0 Å². The first-order valence-corrected chi connectivity index (χ1v) is 11.5. The molecule has 158 valence electrons. The molecule has 2 N–H and O–H groups in total. The van der Waals surface area contributed by atoms with Gasteiger partial charge in [0.25, 0.3) is 5.91 Å². The Morgan fingerprint density at radius 1 is 1.07 bits per heavy atom. The molecule has 8 heteroatoms. The van der Waals surface area contributed by atoms with Gasteiger partial charge in [-0.05, 0) is 42.7 Å². The number of carbonyl (C=O) groups excluding carboxylic acids is 1. The second-order valence-corrected chi connectivity index (χ2v) is 9.69. The fraction of sp³-hybridized carbons (Fsp3) is 0.476. The van der Waals surface area contributed by atoms with E-state index in [0.717, 1.165) is 11.3 Å². The first-order chi connectivity index (χ1) is 13.8. The highest BCUT2D eigenvalue weighted by atomic mass is 32.2. The lowest BCUT2D eigenvalue weighted by Crippen LogP contribution is -2.87. The molecule has 0 radical (unpaired) electrons. The molecule has 0 aliphatic carbocycles. The Hall–Kier alpha value is -2.16. The molecule has 1 fully saturated rings. The summed E-state index contributed by atoms with van der Waals surface area (Å²) in [7, 11) is -3.53. The molecule has 2 aromatic rings. The SMILES string of the molecule is CC(C)c1ccc(S(=O)(=O)N2CCN(C(=O)C[NH2+][C@H](C)c3ccco3)CC2)cc1. The molecule has 0 unspecified atom stereocenters. The van der Waals surface area contributed by atoms with Gasteiger partial charge in [-0.25, -0.2) is 8.42 Å². The number of nitrogens with zero attached hydrogens (tertiary/aromatic N) is 2. The molecule has 1 atom stereocenters. The van der Waals surface area contributed by atoms with Crippen LogP contribution in [0.3, 0.4) is 0 Å². The van der Waals surface area contributed by atoms with Gasteiger partial charge in [0.1, 0.15) is 6.04 Å². The summed E-state index contributed by atoms with van der Waals surface area (Å²) in [6, 6.07) is 10.9. The van der Waals surface area contributed by atoms with E-state index in [0.29, 0.717) is 43.5 Å². The topological polar surface area (TPSA) is 87.4 Å². The number of nitrogens with two attached hydrogens (primary N) is 1. The van der Waals surface area contributed by atoms with Crippen LogP contribution in [0.4, 0.5) is 0 Å². The maximum absolute atomic E-state index is 12.9. The highest BCUT2D eigenvalue weighted by Gasteiger charge is 2.30. The molecule has 0 saturated carbocycles. The lowest BCUT2D eigenvalue weighted by atomic mass is 10.0. The van der Waals surface area contributed by atoms with Crippen LogP contribution in [0.25, 0.3) is 0 Å². The number of hydrogen-bond acceptors (Lipinski definition) is 4. The van der Waals surface area contributed by atoms with Gasteiger partial charge in [-0.1, -0.05) is 26.0 Å². The molecule has 1 aliphatic heterocycles. The lowest BCUT2D eigenvalue weighted by molar-refractivity contribution is -0.685. The molecule has 1 aromatic heterocycles. The molecule has 1 saturated heterocycles. The fourth-order valence-electron chi connectivity index (χ4n) is 3.42. The third kappa shape index (κ3) is 5.07. The molecule has 0 spiro atoms. The second kappa shape index (κ2) is 9.11. The van der Waals surface area contributed by atoms with Crippen LogP contribution in [0.5, 0.6) is 0 Å². The first kappa shape index (κ1) is 21.5. The van der Waals surface area contributed by atoms with Crippen molar-refractivity contribution in [3.63, 3.8) is 0 Å². The molecular formula is C21H30N3O4S+. The summed E-state index contributed by atoms with van der Waals surface area (Å²) in [5, 5.41) is 1.93. The summed E-state index contributed by atoms with van der Waals surface area (Å²) >= 11 is 0. The fourth-order valence-corrected chi connectivity index (χ4v) is 4.85. The van der Waals surface area contributed by atoms with Crippen molar-refractivity contribution < 1.29 is 22.9 Å². The molecule has 1 aromatic carbocycles. The van der Waals surface area contributed by atoms with E-state index in [9.17, 15) is 13.2 Å². The number of sulfonamides is 1. The summed E-state index contributed by atoms with van der Waals surface area (Å²) in [6.45, 7) is 7.89. The number of quaternary nitrogens is 1. The van der Waals surface area contributed by atoms with Crippen LogP contribution in [0.1, 0.15) is 44.1 Å². The van der Waals surface area contributed by atoms with Crippen molar-refractivity contribution in [2.24, 2.45) is 0 Å². The molecule has 1 amide bonds. The second-order valence-electron chi connectivity index (χ2n) is 7.75. The Labute approximate surface area is 172 Å². The third-order valence-corrected chi connectivity index (χ3v) is 7.33. The van der Waals surface area contributed by atoms with Gasteiger partial charge in [-0.2, -0.15) is 4.31 Å². The monoisotopic (exact) mass is 420 g/mol. The predicted octanol–water partition coefficient (Wildman–Crippen LogP) is 1.56. The normalized spacial score (nSPS) is 16.9. The summed E-state index contributed by atoms with van der Waals surface area (Å²) in [5.74, 6) is 1.20. The van der Waals surface area contributed by atoms with Gasteiger partial charge in [-0.15, -0.1) is 0 Å². The number of rotatable bonds is 7. The smallest absolute Gasteiger partial charge is 0.277 e. The summed E-state index contributed by atoms with van der Waals surface area (Å²) < 4.78 is 32.6. The predicted molar refractivity (Wildman–Crippen MR) is 110 cm³/mol. The van der Waals surface area contributed by atoms with Crippen LogP contribution in [0.2, 0.25) is 0 Å². The van der Waals surface area contributed by atoms with Gasteiger partial charge in [0.05, 0.1) is 11.2 Å². The van der Waals surface area contributed by atoms with Gasteiger partial charge in [0.15, 0.2) is 12.3 Å². The zero-order chi connectivity index (χ0) is 21.0. The molecule has 1 aliphatic rings. The zero-order valence-corrected chi connectivity index (χ0v) is 18.1. The van der Waals surface area contributed by atoms with Crippen molar-refractivity contribution in [2.75, 3.05) is 32.7 Å². The number of furan rings is 1. The van der Waals surface area contributed by atoms with E-state index in [2.05, 4.69) is 13.8 Å². The van der Waals surface area contributed by atoms with Gasteiger partial charge < -0.3 is 14.6 Å². The van der Waals surface area contributed by atoms with E-state index in [-0.39, 0.29) is 11.9 Å². The van der Waals surface area contributed by atoms with Crippen LogP contribution in [0, 0.1) is 0 Å². The number of piperazine rings is 1. The van der Waals surface area contributed by atoms with Crippen LogP contribution >= 0.6 is 0 Å². The van der Waals surface area contributed by atoms with E-state index in [4.69, 9.17) is 4.42 Å². The number of hydrogen-bond donors (Lipinski definition) is 1. The van der Waals surface area contributed by atoms with Gasteiger partial charge >= 0.3 is 0 Å². The minimum atomic E-state index is -3.53. The molecule has 3 rings (SSSR count). The molecular weight excluding hydrogens is 390 g/mol. The van der Waals surface area contributed by atoms with Gasteiger partial charge in [0, 0.05) is 26.2 Å². The average molecular weight is 421 g/mol. The Kier molecular flexibility index (Phi) is 6.77. The number of amides is 1. The highest BCUT2D eigenvalue weighted by molar-refractivity contribution is 7.89. The quantitative estimate of drug-likeness (QED) is 0.736. The Bertz CT molecular complexity index is 900. The van der Waals surface area contributed by atoms with Crippen LogP contribution in [0.15, 0.2) is 52.0 Å². The minimum Gasteiger partial charge on any atom is -0.463 e. The summed E-state index contributed by atoms with van der Waals surface area (Å²) in [6.07, 6.45) is 1.62. The number of carbonyl (C=O) groups is 1. The Morgan fingerprint density at radius 3 is 2.28 bits per heavy atom. The van der Waals surface area contributed by atoms with E-state index in [1.54, 1.807) is 23.3 Å². The van der Waals surface area contributed by atoms with Crippen molar-refractivity contribution in [2.45, 2.75) is 37.6 Å². The number of benzene rings is 1. The zero-order valence-electron chi connectivity index (χ0n) is 17.2. The molecule has 29 heavy (non-hydrogen) atoms. The van der Waals surface area contributed by atoms with Crippen molar-refractivity contribution >= 4 is 15.9 Å². The maximum Gasteiger partial charge on any atom is 0.277 e. The largest absolute Gasteiger partial charge is 0.463 e. The van der Waals surface area contributed by atoms with Crippen LogP contribution in [-0.4, -0.2) is 56.3 Å². The summed E-state index contributed by atoms with van der Waals surface area (Å²) in [5.41, 5.74) is 1.11. The lowest BCUT2D eigenvalue weighted by Gasteiger charge is -2.33. The maximum atomic E-state index is 12.9. The van der Waals surface area contributed by atoms with Crippen molar-refractivity contribution in [1.29, 1.82) is 0 Å². The van der Waals surface area contributed by atoms with E-state index < -0.39 is 10.0 Å². The van der Waals surface area contributed by atoms with Gasteiger partial charge in [0.2, 0.25) is 10.0 Å². The van der Waals surface area contributed by atoms with Crippen molar-refractivity contribution in [3.8, 4) is 0 Å². The van der Waals surface area contributed by atoms with Crippen molar-refractivity contribution in [1.82, 2.24) is 9.21 Å². The van der Waals surface area contributed by atoms with E-state index >= 15 is 0 Å². The van der Waals surface area contributed by atoms with E-state index in [1.165, 1.54) is 4.31 Å². The Morgan fingerprint density at radius 2 is 1.72 bits per heavy atom. The molecule has 0 bridgehead atoms. The molecule has 2 heterocycles. The van der Waals surface area contributed by atoms with Crippen LogP contribution in [-0.2, 0) is 14.8 Å². The average Bonchev–Trinajstić information content (AvgIpc) is 3.27. The van der Waals surface area contributed by atoms with Crippen LogP contribution < -0.4 is 5.32 Å². The molecule has 7 nitrogen and oxygen atoms in total. The highest BCUT2D eigenvalue weighted by Crippen LogP contribution is 2.21. The first-order valence-electron chi connectivity index (χ1n) is 10.0. The summed E-state index contributed by atoms with van der Waals surface area (Å²) in [4.78, 5) is 14.5. The Balaban J connectivity index is 1.53. The minimum absolute atomic E-state index is 0.0155. The van der Waals surface area contributed by atoms with Gasteiger partial charge in [-0.3, -0.25) is 4.79 Å².